The summed E-state index contributed by atoms with van der Waals surface area (Å²) in [6.07, 6.45) is 0.767. The van der Waals surface area contributed by atoms with Gasteiger partial charge in [0.15, 0.2) is 6.61 Å². The number of hydrogen-bond donors (Lipinski definition) is 0. The Labute approximate surface area is 173 Å². The van der Waals surface area contributed by atoms with E-state index in [-0.39, 0.29) is 23.8 Å². The third-order valence-corrected chi connectivity index (χ3v) is 5.24. The number of ether oxygens (including phenoxy) is 1. The molecular formula is C24H30N2O3. The highest BCUT2D eigenvalue weighted by molar-refractivity contribution is 5.94. The number of nitrogens with zero attached hydrogens (tertiary/aromatic N) is 2. The third-order valence-electron chi connectivity index (χ3n) is 5.24. The summed E-state index contributed by atoms with van der Waals surface area (Å²) in [6.45, 7) is 8.86. The molecule has 5 nitrogen and oxygen atoms in total. The van der Waals surface area contributed by atoms with Gasteiger partial charge in [-0.3, -0.25) is 9.59 Å². The Bertz CT molecular complexity index is 825. The van der Waals surface area contributed by atoms with Crippen LogP contribution in [0.2, 0.25) is 0 Å². The smallest absolute Gasteiger partial charge is 0.260 e. The molecule has 0 unspecified atom stereocenters. The summed E-state index contributed by atoms with van der Waals surface area (Å²) in [5, 5.41) is 0. The van der Waals surface area contributed by atoms with Gasteiger partial charge in [-0.25, -0.2) is 0 Å². The van der Waals surface area contributed by atoms with Crippen LogP contribution in [0, 0.1) is 0 Å². The SMILES string of the molecule is CC(C)(C)c1ccc(C(=O)N2CCCN(C(=O)COc3ccccc3)CC2)cc1. The van der Waals surface area contributed by atoms with Crippen LogP contribution < -0.4 is 4.74 Å². The number of carbonyl (C=O) groups is 2. The number of amides is 2. The average Bonchev–Trinajstić information content (AvgIpc) is 2.98. The van der Waals surface area contributed by atoms with Crippen molar-refractivity contribution in [1.82, 2.24) is 9.80 Å². The maximum absolute atomic E-state index is 12.9. The first-order valence-electron chi connectivity index (χ1n) is 10.2. The van der Waals surface area contributed by atoms with Gasteiger partial charge in [0.05, 0.1) is 0 Å². The van der Waals surface area contributed by atoms with Crippen LogP contribution >= 0.6 is 0 Å². The second kappa shape index (κ2) is 9.12. The van der Waals surface area contributed by atoms with Crippen LogP contribution in [0.5, 0.6) is 5.75 Å². The van der Waals surface area contributed by atoms with Gasteiger partial charge in [-0.15, -0.1) is 0 Å². The molecule has 0 aliphatic carbocycles. The van der Waals surface area contributed by atoms with Crippen molar-refractivity contribution >= 4 is 11.8 Å². The Morgan fingerprint density at radius 2 is 1.48 bits per heavy atom. The van der Waals surface area contributed by atoms with Gasteiger partial charge in [-0.05, 0) is 41.7 Å². The fourth-order valence-electron chi connectivity index (χ4n) is 3.42. The van der Waals surface area contributed by atoms with Gasteiger partial charge in [0.2, 0.25) is 0 Å². The fourth-order valence-corrected chi connectivity index (χ4v) is 3.42. The fraction of sp³-hybridized carbons (Fsp3) is 0.417. The largest absolute Gasteiger partial charge is 0.484 e. The molecule has 1 aliphatic heterocycles. The van der Waals surface area contributed by atoms with Crippen molar-refractivity contribution < 1.29 is 14.3 Å². The minimum atomic E-state index is -0.0438. The van der Waals surface area contributed by atoms with E-state index in [0.717, 1.165) is 6.42 Å². The van der Waals surface area contributed by atoms with E-state index in [1.807, 2.05) is 59.5 Å². The summed E-state index contributed by atoms with van der Waals surface area (Å²) in [4.78, 5) is 29.0. The molecule has 1 aliphatic rings. The maximum Gasteiger partial charge on any atom is 0.260 e. The molecule has 29 heavy (non-hydrogen) atoms. The van der Waals surface area contributed by atoms with Crippen molar-refractivity contribution in [1.29, 1.82) is 0 Å². The third kappa shape index (κ3) is 5.59. The number of para-hydroxylation sites is 1. The minimum absolute atomic E-state index is 0.0201. The summed E-state index contributed by atoms with van der Waals surface area (Å²) >= 11 is 0. The molecule has 3 rings (SSSR count). The highest BCUT2D eigenvalue weighted by Gasteiger charge is 2.23. The molecule has 0 N–H and O–H groups in total. The lowest BCUT2D eigenvalue weighted by atomic mass is 9.86. The molecule has 1 heterocycles. The number of rotatable bonds is 4. The zero-order valence-electron chi connectivity index (χ0n) is 17.6. The zero-order valence-corrected chi connectivity index (χ0v) is 17.6. The van der Waals surface area contributed by atoms with Crippen molar-refractivity contribution in [2.24, 2.45) is 0 Å². The molecule has 2 aromatic rings. The second-order valence-corrected chi connectivity index (χ2v) is 8.46. The van der Waals surface area contributed by atoms with E-state index >= 15 is 0 Å². The lowest BCUT2D eigenvalue weighted by molar-refractivity contribution is -0.133. The highest BCUT2D eigenvalue weighted by atomic mass is 16.5. The van der Waals surface area contributed by atoms with Crippen molar-refractivity contribution in [3.63, 3.8) is 0 Å². The first-order chi connectivity index (χ1) is 13.8. The Kier molecular flexibility index (Phi) is 6.57. The minimum Gasteiger partial charge on any atom is -0.484 e. The van der Waals surface area contributed by atoms with Gasteiger partial charge >= 0.3 is 0 Å². The lowest BCUT2D eigenvalue weighted by Crippen LogP contribution is -2.39. The van der Waals surface area contributed by atoms with Crippen LogP contribution in [0.1, 0.15) is 43.1 Å². The predicted octanol–water partition coefficient (Wildman–Crippen LogP) is 3.74. The Hall–Kier alpha value is -2.82. The topological polar surface area (TPSA) is 49.9 Å². The lowest BCUT2D eigenvalue weighted by Gasteiger charge is -2.23. The van der Waals surface area contributed by atoms with E-state index in [0.29, 0.717) is 37.5 Å². The molecule has 2 amide bonds. The molecular weight excluding hydrogens is 364 g/mol. The van der Waals surface area contributed by atoms with E-state index < -0.39 is 0 Å². The zero-order chi connectivity index (χ0) is 20.9. The maximum atomic E-state index is 12.9. The quantitative estimate of drug-likeness (QED) is 0.794. The van der Waals surface area contributed by atoms with Crippen LogP contribution in [0.3, 0.4) is 0 Å². The summed E-state index contributed by atoms with van der Waals surface area (Å²) in [6, 6.07) is 17.2. The molecule has 5 heteroatoms. The number of benzene rings is 2. The second-order valence-electron chi connectivity index (χ2n) is 8.46. The number of hydrogen-bond acceptors (Lipinski definition) is 3. The molecule has 0 bridgehead atoms. The van der Waals surface area contributed by atoms with Gasteiger partial charge < -0.3 is 14.5 Å². The van der Waals surface area contributed by atoms with Crippen LogP contribution in [0.15, 0.2) is 54.6 Å². The Morgan fingerprint density at radius 3 is 2.14 bits per heavy atom. The van der Waals surface area contributed by atoms with Gasteiger partial charge in [-0.2, -0.15) is 0 Å². The molecule has 2 aromatic carbocycles. The van der Waals surface area contributed by atoms with Crippen LogP contribution in [-0.2, 0) is 10.2 Å². The highest BCUT2D eigenvalue weighted by Crippen LogP contribution is 2.22. The van der Waals surface area contributed by atoms with Crippen LogP contribution in [0.4, 0.5) is 0 Å². The molecule has 1 saturated heterocycles. The van der Waals surface area contributed by atoms with Crippen LogP contribution in [-0.4, -0.2) is 54.4 Å². The summed E-state index contributed by atoms with van der Waals surface area (Å²) < 4.78 is 5.57. The van der Waals surface area contributed by atoms with Gasteiger partial charge in [0.1, 0.15) is 5.75 Å². The first kappa shape index (κ1) is 20.9. The van der Waals surface area contributed by atoms with Crippen molar-refractivity contribution in [3.05, 3.63) is 65.7 Å². The van der Waals surface area contributed by atoms with E-state index in [2.05, 4.69) is 20.8 Å². The van der Waals surface area contributed by atoms with E-state index in [9.17, 15) is 9.59 Å². The van der Waals surface area contributed by atoms with Gasteiger partial charge in [-0.1, -0.05) is 51.1 Å². The molecule has 0 atom stereocenters. The van der Waals surface area contributed by atoms with Crippen molar-refractivity contribution in [2.75, 3.05) is 32.8 Å². The van der Waals surface area contributed by atoms with Crippen LogP contribution in [0.25, 0.3) is 0 Å². The van der Waals surface area contributed by atoms with Crippen molar-refractivity contribution in [3.8, 4) is 5.75 Å². The average molecular weight is 395 g/mol. The summed E-state index contributed by atoms with van der Waals surface area (Å²) in [5.74, 6) is 0.671. The standard InChI is InChI=1S/C24H30N2O3/c1-24(2,3)20-12-10-19(11-13-20)23(28)26-15-7-14-25(16-17-26)22(27)18-29-21-8-5-4-6-9-21/h4-6,8-13H,7,14-18H2,1-3H3. The van der Waals surface area contributed by atoms with Gasteiger partial charge in [0.25, 0.3) is 11.8 Å². The van der Waals surface area contributed by atoms with Crippen molar-refractivity contribution in [2.45, 2.75) is 32.6 Å². The molecule has 0 aromatic heterocycles. The Balaban J connectivity index is 1.55. The van der Waals surface area contributed by atoms with E-state index in [1.165, 1.54) is 5.56 Å². The molecule has 1 fully saturated rings. The van der Waals surface area contributed by atoms with E-state index in [4.69, 9.17) is 4.74 Å². The number of carbonyl (C=O) groups excluding carboxylic acids is 2. The normalized spacial score (nSPS) is 15.0. The monoisotopic (exact) mass is 394 g/mol. The Morgan fingerprint density at radius 1 is 0.862 bits per heavy atom. The summed E-state index contributed by atoms with van der Waals surface area (Å²) in [5.41, 5.74) is 1.97. The molecule has 0 radical (unpaired) electrons. The molecule has 0 spiro atoms. The van der Waals surface area contributed by atoms with Gasteiger partial charge in [0, 0.05) is 31.7 Å². The summed E-state index contributed by atoms with van der Waals surface area (Å²) in [7, 11) is 0. The van der Waals surface area contributed by atoms with E-state index in [1.54, 1.807) is 4.90 Å². The predicted molar refractivity (Wildman–Crippen MR) is 114 cm³/mol. The molecule has 154 valence electrons. The molecule has 0 saturated carbocycles. The first-order valence-corrected chi connectivity index (χ1v) is 10.2.